The van der Waals surface area contributed by atoms with E-state index in [1.807, 2.05) is 24.3 Å². The van der Waals surface area contributed by atoms with Crippen LogP contribution in [0, 0.1) is 5.41 Å². The first kappa shape index (κ1) is 15.1. The molecule has 0 atom stereocenters. The van der Waals surface area contributed by atoms with E-state index in [0.29, 0.717) is 11.7 Å². The number of hydrogen-bond donors (Lipinski definition) is 2. The SMILES string of the molecule is CC1(C)CCc2c(n[nH]c2-c2nc(-c3ccc(CO)cc3)no2)C1. The number of aliphatic hydroxyl groups excluding tert-OH is 1. The molecule has 0 unspecified atom stereocenters. The predicted molar refractivity (Wildman–Crippen MR) is 89.0 cm³/mol. The Morgan fingerprint density at radius 3 is 2.79 bits per heavy atom. The average molecular weight is 324 g/mol. The van der Waals surface area contributed by atoms with Gasteiger partial charge in [-0.15, -0.1) is 0 Å². The van der Waals surface area contributed by atoms with Crippen LogP contribution in [-0.2, 0) is 19.4 Å². The van der Waals surface area contributed by atoms with Gasteiger partial charge in [0.05, 0.1) is 12.3 Å². The molecule has 0 fully saturated rings. The summed E-state index contributed by atoms with van der Waals surface area (Å²) in [6, 6.07) is 7.47. The topological polar surface area (TPSA) is 87.8 Å². The van der Waals surface area contributed by atoms with Crippen molar-refractivity contribution in [2.45, 2.75) is 39.7 Å². The highest BCUT2D eigenvalue weighted by molar-refractivity contribution is 5.60. The van der Waals surface area contributed by atoms with Gasteiger partial charge < -0.3 is 9.63 Å². The molecule has 2 aromatic heterocycles. The first-order chi connectivity index (χ1) is 11.6. The third-order valence-electron chi connectivity index (χ3n) is 4.69. The van der Waals surface area contributed by atoms with Crippen molar-refractivity contribution in [1.29, 1.82) is 0 Å². The molecule has 0 aliphatic heterocycles. The minimum absolute atomic E-state index is 0.0222. The zero-order chi connectivity index (χ0) is 16.7. The number of H-pyrrole nitrogens is 1. The van der Waals surface area contributed by atoms with Gasteiger partial charge in [0.1, 0.15) is 5.69 Å². The molecular weight excluding hydrogens is 304 g/mol. The Labute approximate surface area is 139 Å². The zero-order valence-electron chi connectivity index (χ0n) is 13.8. The highest BCUT2D eigenvalue weighted by Crippen LogP contribution is 2.37. The van der Waals surface area contributed by atoms with Crippen molar-refractivity contribution in [2.75, 3.05) is 0 Å². The summed E-state index contributed by atoms with van der Waals surface area (Å²) >= 11 is 0. The summed E-state index contributed by atoms with van der Waals surface area (Å²) in [5, 5.41) is 20.7. The number of nitrogens with one attached hydrogen (secondary N) is 1. The van der Waals surface area contributed by atoms with Crippen LogP contribution in [0.15, 0.2) is 28.8 Å². The smallest absolute Gasteiger partial charge is 0.276 e. The second kappa shape index (κ2) is 5.56. The molecule has 0 bridgehead atoms. The number of aromatic nitrogens is 4. The van der Waals surface area contributed by atoms with Crippen LogP contribution in [0.3, 0.4) is 0 Å². The van der Waals surface area contributed by atoms with E-state index in [9.17, 15) is 0 Å². The average Bonchev–Trinajstić information content (AvgIpc) is 3.20. The molecule has 1 aromatic carbocycles. The van der Waals surface area contributed by atoms with E-state index in [2.05, 4.69) is 34.2 Å². The molecular formula is C18H20N4O2. The van der Waals surface area contributed by atoms with Crippen LogP contribution in [0.2, 0.25) is 0 Å². The molecule has 6 nitrogen and oxygen atoms in total. The zero-order valence-corrected chi connectivity index (χ0v) is 13.8. The van der Waals surface area contributed by atoms with Crippen LogP contribution in [0.1, 0.15) is 37.1 Å². The van der Waals surface area contributed by atoms with Crippen molar-refractivity contribution >= 4 is 0 Å². The van der Waals surface area contributed by atoms with Crippen molar-refractivity contribution in [3.8, 4) is 23.0 Å². The second-order valence-corrected chi connectivity index (χ2v) is 7.14. The normalized spacial score (nSPS) is 16.1. The van der Waals surface area contributed by atoms with Gasteiger partial charge in [-0.2, -0.15) is 10.1 Å². The Hall–Kier alpha value is -2.47. The van der Waals surface area contributed by atoms with E-state index in [4.69, 9.17) is 9.63 Å². The van der Waals surface area contributed by atoms with Gasteiger partial charge in [-0.3, -0.25) is 5.10 Å². The number of fused-ring (bicyclic) bond motifs is 1. The largest absolute Gasteiger partial charge is 0.392 e. The van der Waals surface area contributed by atoms with Crippen molar-refractivity contribution in [1.82, 2.24) is 20.3 Å². The fourth-order valence-corrected chi connectivity index (χ4v) is 3.20. The van der Waals surface area contributed by atoms with Crippen LogP contribution >= 0.6 is 0 Å². The third kappa shape index (κ3) is 2.63. The van der Waals surface area contributed by atoms with Crippen molar-refractivity contribution in [3.63, 3.8) is 0 Å². The van der Waals surface area contributed by atoms with Gasteiger partial charge in [-0.25, -0.2) is 0 Å². The Morgan fingerprint density at radius 1 is 1.25 bits per heavy atom. The quantitative estimate of drug-likeness (QED) is 0.773. The Bertz CT molecular complexity index is 862. The molecule has 6 heteroatoms. The lowest BCUT2D eigenvalue weighted by atomic mass is 9.76. The Balaban J connectivity index is 1.65. The predicted octanol–water partition coefficient (Wildman–Crippen LogP) is 3.13. The van der Waals surface area contributed by atoms with Crippen LogP contribution < -0.4 is 0 Å². The number of hydrogen-bond acceptors (Lipinski definition) is 5. The molecule has 0 amide bonds. The highest BCUT2D eigenvalue weighted by Gasteiger charge is 2.30. The lowest BCUT2D eigenvalue weighted by Gasteiger charge is -2.28. The number of nitrogens with zero attached hydrogens (tertiary/aromatic N) is 3. The van der Waals surface area contributed by atoms with Gasteiger partial charge in [-0.05, 0) is 30.2 Å². The summed E-state index contributed by atoms with van der Waals surface area (Å²) in [6.07, 6.45) is 3.05. The van der Waals surface area contributed by atoms with E-state index in [1.165, 1.54) is 5.56 Å². The number of aromatic amines is 1. The van der Waals surface area contributed by atoms with E-state index < -0.39 is 0 Å². The van der Waals surface area contributed by atoms with Gasteiger partial charge >= 0.3 is 0 Å². The monoisotopic (exact) mass is 324 g/mol. The van der Waals surface area contributed by atoms with Gasteiger partial charge in [-0.1, -0.05) is 43.3 Å². The van der Waals surface area contributed by atoms with Gasteiger partial charge in [0.25, 0.3) is 5.89 Å². The van der Waals surface area contributed by atoms with Crippen LogP contribution in [-0.4, -0.2) is 25.4 Å². The molecule has 2 heterocycles. The lowest BCUT2D eigenvalue weighted by molar-refractivity contribution is 0.282. The second-order valence-electron chi connectivity index (χ2n) is 7.14. The summed E-state index contributed by atoms with van der Waals surface area (Å²) in [6.45, 7) is 4.56. The van der Waals surface area contributed by atoms with E-state index in [1.54, 1.807) is 0 Å². The number of aliphatic hydroxyl groups is 1. The number of rotatable bonds is 3. The summed E-state index contributed by atoms with van der Waals surface area (Å²) in [5.74, 6) is 1.01. The molecule has 0 saturated carbocycles. The molecule has 24 heavy (non-hydrogen) atoms. The van der Waals surface area contributed by atoms with Crippen LogP contribution in [0.25, 0.3) is 23.0 Å². The van der Waals surface area contributed by atoms with Crippen molar-refractivity contribution in [3.05, 3.63) is 41.1 Å². The van der Waals surface area contributed by atoms with E-state index >= 15 is 0 Å². The molecule has 3 aromatic rings. The molecule has 0 radical (unpaired) electrons. The summed E-state index contributed by atoms with van der Waals surface area (Å²) in [4.78, 5) is 4.51. The maximum absolute atomic E-state index is 9.12. The molecule has 124 valence electrons. The third-order valence-corrected chi connectivity index (χ3v) is 4.69. The van der Waals surface area contributed by atoms with Crippen LogP contribution in [0.5, 0.6) is 0 Å². The Morgan fingerprint density at radius 2 is 2.04 bits per heavy atom. The summed E-state index contributed by atoms with van der Waals surface area (Å²) in [5.41, 5.74) is 5.14. The molecule has 0 spiro atoms. The fraction of sp³-hybridized carbons (Fsp3) is 0.389. The minimum Gasteiger partial charge on any atom is -0.392 e. The van der Waals surface area contributed by atoms with Gasteiger partial charge in [0.2, 0.25) is 5.82 Å². The standard InChI is InChI=1S/C18H20N4O2/c1-18(2)8-7-13-14(9-18)20-21-15(13)17-19-16(22-24-17)12-5-3-11(10-23)4-6-12/h3-6,23H,7-10H2,1-2H3,(H,20,21). The van der Waals surface area contributed by atoms with Gasteiger partial charge in [0, 0.05) is 11.1 Å². The first-order valence-corrected chi connectivity index (χ1v) is 8.16. The Kier molecular flexibility index (Phi) is 3.49. The molecule has 4 rings (SSSR count). The minimum atomic E-state index is 0.0222. The fourth-order valence-electron chi connectivity index (χ4n) is 3.20. The van der Waals surface area contributed by atoms with E-state index in [0.717, 1.165) is 41.8 Å². The highest BCUT2D eigenvalue weighted by atomic mass is 16.5. The molecule has 1 aliphatic carbocycles. The maximum Gasteiger partial charge on any atom is 0.276 e. The molecule has 2 N–H and O–H groups in total. The summed E-state index contributed by atoms with van der Waals surface area (Å²) in [7, 11) is 0. The maximum atomic E-state index is 9.12. The molecule has 0 saturated heterocycles. The lowest BCUT2D eigenvalue weighted by Crippen LogP contribution is -2.21. The van der Waals surface area contributed by atoms with E-state index in [-0.39, 0.29) is 12.0 Å². The van der Waals surface area contributed by atoms with Crippen molar-refractivity contribution < 1.29 is 9.63 Å². The van der Waals surface area contributed by atoms with Gasteiger partial charge in [0.15, 0.2) is 0 Å². The summed E-state index contributed by atoms with van der Waals surface area (Å²) < 4.78 is 5.46. The van der Waals surface area contributed by atoms with Crippen LogP contribution in [0.4, 0.5) is 0 Å². The number of benzene rings is 1. The first-order valence-electron chi connectivity index (χ1n) is 8.16. The molecule has 1 aliphatic rings. The van der Waals surface area contributed by atoms with Crippen molar-refractivity contribution in [2.24, 2.45) is 5.41 Å².